The molecule has 0 fully saturated rings. The maximum absolute atomic E-state index is 12.9. The molecule has 2 amide bonds. The predicted molar refractivity (Wildman–Crippen MR) is 80.7 cm³/mol. The fourth-order valence-corrected chi connectivity index (χ4v) is 2.00. The van der Waals surface area contributed by atoms with Gasteiger partial charge in [0.05, 0.1) is 0 Å². The van der Waals surface area contributed by atoms with Gasteiger partial charge in [0.25, 0.3) is 0 Å². The Kier molecular flexibility index (Phi) is 6.98. The van der Waals surface area contributed by atoms with E-state index in [9.17, 15) is 19.2 Å². The second-order valence-electron chi connectivity index (χ2n) is 5.63. The standard InChI is InChI=1S/C16H23FN2O3/c1-11(2)4-9-15(20)19(22)14(16(21)18-3)10-12-5-7-13(17)8-6-12/h5-8,11,14,22H,4,9-10H2,1-3H3,(H,18,21)/t14-/m0/s1. The number of hydrogen-bond donors (Lipinski definition) is 2. The maximum atomic E-state index is 12.9. The van der Waals surface area contributed by atoms with Gasteiger partial charge in [0.1, 0.15) is 11.9 Å². The fraction of sp³-hybridized carbons (Fsp3) is 0.500. The monoisotopic (exact) mass is 310 g/mol. The molecule has 0 saturated carbocycles. The third kappa shape index (κ3) is 5.44. The van der Waals surface area contributed by atoms with E-state index in [1.165, 1.54) is 31.3 Å². The minimum absolute atomic E-state index is 0.115. The van der Waals surface area contributed by atoms with Crippen molar-refractivity contribution in [2.45, 2.75) is 39.2 Å². The molecule has 0 aliphatic rings. The van der Waals surface area contributed by atoms with Gasteiger partial charge in [0.15, 0.2) is 0 Å². The molecule has 0 aliphatic heterocycles. The summed E-state index contributed by atoms with van der Waals surface area (Å²) in [6.45, 7) is 3.95. The fourth-order valence-electron chi connectivity index (χ4n) is 2.00. The number of hydroxylamine groups is 2. The van der Waals surface area contributed by atoms with Crippen molar-refractivity contribution in [3.8, 4) is 0 Å². The van der Waals surface area contributed by atoms with Crippen LogP contribution < -0.4 is 5.32 Å². The van der Waals surface area contributed by atoms with Crippen molar-refractivity contribution < 1.29 is 19.2 Å². The van der Waals surface area contributed by atoms with E-state index in [2.05, 4.69) is 5.32 Å². The molecule has 1 aromatic rings. The zero-order valence-corrected chi connectivity index (χ0v) is 13.2. The van der Waals surface area contributed by atoms with Crippen molar-refractivity contribution in [3.05, 3.63) is 35.6 Å². The van der Waals surface area contributed by atoms with Crippen LogP contribution in [0.25, 0.3) is 0 Å². The Labute approximate surface area is 130 Å². The molecule has 0 aliphatic carbocycles. The molecule has 1 rings (SSSR count). The summed E-state index contributed by atoms with van der Waals surface area (Å²) in [5.41, 5.74) is 0.658. The second kappa shape index (κ2) is 8.48. The number of rotatable bonds is 7. The molecular weight excluding hydrogens is 287 g/mol. The summed E-state index contributed by atoms with van der Waals surface area (Å²) in [6, 6.07) is 4.57. The molecule has 0 spiro atoms. The van der Waals surface area contributed by atoms with Crippen molar-refractivity contribution in [2.24, 2.45) is 5.92 Å². The van der Waals surface area contributed by atoms with E-state index in [0.29, 0.717) is 23.0 Å². The van der Waals surface area contributed by atoms with Crippen LogP contribution >= 0.6 is 0 Å². The van der Waals surface area contributed by atoms with Crippen LogP contribution in [-0.2, 0) is 16.0 Å². The molecule has 22 heavy (non-hydrogen) atoms. The predicted octanol–water partition coefficient (Wildman–Crippen LogP) is 2.14. The summed E-state index contributed by atoms with van der Waals surface area (Å²) in [6.07, 6.45) is 0.919. The Hall–Kier alpha value is -1.95. The summed E-state index contributed by atoms with van der Waals surface area (Å²) in [7, 11) is 1.44. The third-order valence-electron chi connectivity index (χ3n) is 3.38. The zero-order chi connectivity index (χ0) is 16.7. The largest absolute Gasteiger partial charge is 0.357 e. The highest BCUT2D eigenvalue weighted by molar-refractivity contribution is 5.87. The van der Waals surface area contributed by atoms with Gasteiger partial charge >= 0.3 is 0 Å². The van der Waals surface area contributed by atoms with Crippen LogP contribution in [0.1, 0.15) is 32.3 Å². The van der Waals surface area contributed by atoms with Crippen molar-refractivity contribution in [3.63, 3.8) is 0 Å². The first-order valence-corrected chi connectivity index (χ1v) is 7.32. The molecule has 5 nitrogen and oxygen atoms in total. The molecule has 1 aromatic carbocycles. The number of hydrogen-bond acceptors (Lipinski definition) is 3. The molecule has 0 unspecified atom stereocenters. The summed E-state index contributed by atoms with van der Waals surface area (Å²) in [5.74, 6) is -1.02. The molecule has 6 heteroatoms. The first-order valence-electron chi connectivity index (χ1n) is 7.32. The number of likely N-dealkylation sites (N-methyl/N-ethyl adjacent to an activating group) is 1. The van der Waals surface area contributed by atoms with E-state index in [1.807, 2.05) is 13.8 Å². The van der Waals surface area contributed by atoms with Crippen molar-refractivity contribution in [1.29, 1.82) is 0 Å². The molecule has 1 atom stereocenters. The number of nitrogens with zero attached hydrogens (tertiary/aromatic N) is 1. The van der Waals surface area contributed by atoms with Gasteiger partial charge in [-0.2, -0.15) is 0 Å². The van der Waals surface area contributed by atoms with Crippen LogP contribution in [0.5, 0.6) is 0 Å². The van der Waals surface area contributed by atoms with Gasteiger partial charge in [-0.1, -0.05) is 26.0 Å². The lowest BCUT2D eigenvalue weighted by Crippen LogP contribution is -2.48. The highest BCUT2D eigenvalue weighted by Crippen LogP contribution is 2.12. The Morgan fingerprint density at radius 2 is 1.86 bits per heavy atom. The number of halogens is 1. The summed E-state index contributed by atoms with van der Waals surface area (Å²) >= 11 is 0. The normalized spacial score (nSPS) is 12.1. The number of benzene rings is 1. The Bertz CT molecular complexity index is 503. The number of amides is 2. The molecule has 122 valence electrons. The van der Waals surface area contributed by atoms with E-state index in [-0.39, 0.29) is 18.7 Å². The molecule has 0 aromatic heterocycles. The van der Waals surface area contributed by atoms with E-state index in [4.69, 9.17) is 0 Å². The minimum Gasteiger partial charge on any atom is -0.357 e. The number of nitrogens with one attached hydrogen (secondary N) is 1. The summed E-state index contributed by atoms with van der Waals surface area (Å²) in [5, 5.41) is 13.0. The van der Waals surface area contributed by atoms with Crippen molar-refractivity contribution >= 4 is 11.8 Å². The first kappa shape index (κ1) is 18.1. The third-order valence-corrected chi connectivity index (χ3v) is 3.38. The molecule has 2 N–H and O–H groups in total. The van der Waals surface area contributed by atoms with Crippen LogP contribution in [0.15, 0.2) is 24.3 Å². The Morgan fingerprint density at radius 3 is 2.36 bits per heavy atom. The molecule has 0 heterocycles. The molecular formula is C16H23FN2O3. The van der Waals surface area contributed by atoms with Crippen molar-refractivity contribution in [2.75, 3.05) is 7.05 Å². The first-order chi connectivity index (χ1) is 10.3. The van der Waals surface area contributed by atoms with Crippen LogP contribution in [-0.4, -0.2) is 35.2 Å². The van der Waals surface area contributed by atoms with Gasteiger partial charge in [-0.3, -0.25) is 14.8 Å². The van der Waals surface area contributed by atoms with Crippen LogP contribution in [0.4, 0.5) is 4.39 Å². The lowest BCUT2D eigenvalue weighted by atomic mass is 10.0. The Morgan fingerprint density at radius 1 is 1.27 bits per heavy atom. The quantitative estimate of drug-likeness (QED) is 0.599. The molecule has 0 radical (unpaired) electrons. The van der Waals surface area contributed by atoms with Crippen LogP contribution in [0.2, 0.25) is 0 Å². The average Bonchev–Trinajstić information content (AvgIpc) is 2.50. The number of carbonyl (C=O) groups is 2. The maximum Gasteiger partial charge on any atom is 0.246 e. The Balaban J connectivity index is 2.81. The lowest BCUT2D eigenvalue weighted by molar-refractivity contribution is -0.180. The van der Waals surface area contributed by atoms with Gasteiger partial charge in [0, 0.05) is 19.9 Å². The minimum atomic E-state index is -1.03. The molecule has 0 bridgehead atoms. The van der Waals surface area contributed by atoms with E-state index < -0.39 is 17.9 Å². The SMILES string of the molecule is CNC(=O)[C@H](Cc1ccc(F)cc1)N(O)C(=O)CCC(C)C. The zero-order valence-electron chi connectivity index (χ0n) is 13.2. The highest BCUT2D eigenvalue weighted by atomic mass is 19.1. The van der Waals surface area contributed by atoms with Crippen LogP contribution in [0.3, 0.4) is 0 Å². The van der Waals surface area contributed by atoms with Gasteiger partial charge in [0.2, 0.25) is 11.8 Å². The van der Waals surface area contributed by atoms with Crippen molar-refractivity contribution in [1.82, 2.24) is 10.4 Å². The second-order valence-corrected chi connectivity index (χ2v) is 5.63. The smallest absolute Gasteiger partial charge is 0.246 e. The lowest BCUT2D eigenvalue weighted by Gasteiger charge is -2.25. The number of carbonyl (C=O) groups excluding carboxylic acids is 2. The molecule has 0 saturated heterocycles. The van der Waals surface area contributed by atoms with E-state index in [1.54, 1.807) is 0 Å². The summed E-state index contributed by atoms with van der Waals surface area (Å²) in [4.78, 5) is 23.9. The summed E-state index contributed by atoms with van der Waals surface area (Å²) < 4.78 is 12.9. The highest BCUT2D eigenvalue weighted by Gasteiger charge is 2.28. The van der Waals surface area contributed by atoms with E-state index >= 15 is 0 Å². The van der Waals surface area contributed by atoms with E-state index in [0.717, 1.165) is 0 Å². The topological polar surface area (TPSA) is 69.6 Å². The van der Waals surface area contributed by atoms with Gasteiger partial charge in [-0.15, -0.1) is 0 Å². The van der Waals surface area contributed by atoms with Gasteiger partial charge in [-0.25, -0.2) is 9.45 Å². The average molecular weight is 310 g/mol. The van der Waals surface area contributed by atoms with Gasteiger partial charge in [-0.05, 0) is 30.0 Å². The van der Waals surface area contributed by atoms with Gasteiger partial charge < -0.3 is 5.32 Å². The van der Waals surface area contributed by atoms with Crippen LogP contribution in [0, 0.1) is 11.7 Å².